The normalized spacial score (nSPS) is 9.94. The number of amides is 1. The SMILES string of the molecule is CCCN(C)C(=O)Cc1cccc(OC)c1. The van der Waals surface area contributed by atoms with Gasteiger partial charge in [0.1, 0.15) is 5.75 Å². The van der Waals surface area contributed by atoms with Crippen LogP contribution in [0.3, 0.4) is 0 Å². The highest BCUT2D eigenvalue weighted by atomic mass is 16.5. The van der Waals surface area contributed by atoms with Crippen molar-refractivity contribution in [3.05, 3.63) is 29.8 Å². The van der Waals surface area contributed by atoms with Crippen LogP contribution in [0.2, 0.25) is 0 Å². The second-order valence-corrected chi connectivity index (χ2v) is 3.84. The van der Waals surface area contributed by atoms with Crippen molar-refractivity contribution >= 4 is 5.91 Å². The van der Waals surface area contributed by atoms with Crippen LogP contribution in [0.4, 0.5) is 0 Å². The van der Waals surface area contributed by atoms with E-state index < -0.39 is 0 Å². The number of hydrogen-bond donors (Lipinski definition) is 0. The number of rotatable bonds is 5. The lowest BCUT2D eigenvalue weighted by Crippen LogP contribution is -2.28. The quantitative estimate of drug-likeness (QED) is 0.762. The number of ether oxygens (including phenoxy) is 1. The van der Waals surface area contributed by atoms with Gasteiger partial charge in [0, 0.05) is 13.6 Å². The van der Waals surface area contributed by atoms with Crippen molar-refractivity contribution < 1.29 is 9.53 Å². The zero-order valence-corrected chi connectivity index (χ0v) is 10.2. The lowest BCUT2D eigenvalue weighted by Gasteiger charge is -2.16. The molecule has 3 nitrogen and oxygen atoms in total. The second-order valence-electron chi connectivity index (χ2n) is 3.84. The Morgan fingerprint density at radius 1 is 1.44 bits per heavy atom. The highest BCUT2D eigenvalue weighted by Gasteiger charge is 2.08. The van der Waals surface area contributed by atoms with Crippen LogP contribution in [0.15, 0.2) is 24.3 Å². The monoisotopic (exact) mass is 221 g/mol. The summed E-state index contributed by atoms with van der Waals surface area (Å²) >= 11 is 0. The summed E-state index contributed by atoms with van der Waals surface area (Å²) in [6.45, 7) is 2.87. The standard InChI is InChI=1S/C13H19NO2/c1-4-8-14(2)13(15)10-11-6-5-7-12(9-11)16-3/h5-7,9H,4,8,10H2,1-3H3. The van der Waals surface area contributed by atoms with Gasteiger partial charge >= 0.3 is 0 Å². The molecule has 0 saturated heterocycles. The molecular weight excluding hydrogens is 202 g/mol. The fraction of sp³-hybridized carbons (Fsp3) is 0.462. The molecule has 0 saturated carbocycles. The molecule has 0 aliphatic heterocycles. The molecule has 16 heavy (non-hydrogen) atoms. The Morgan fingerprint density at radius 2 is 2.19 bits per heavy atom. The molecule has 0 bridgehead atoms. The minimum atomic E-state index is 0.148. The third kappa shape index (κ3) is 3.57. The lowest BCUT2D eigenvalue weighted by molar-refractivity contribution is -0.129. The Balaban J connectivity index is 2.61. The first-order valence-electron chi connectivity index (χ1n) is 5.54. The van der Waals surface area contributed by atoms with Crippen molar-refractivity contribution in [2.75, 3.05) is 20.7 Å². The Hall–Kier alpha value is -1.51. The van der Waals surface area contributed by atoms with Gasteiger partial charge in [-0.3, -0.25) is 4.79 Å². The first kappa shape index (κ1) is 12.6. The average molecular weight is 221 g/mol. The molecule has 0 spiro atoms. The number of nitrogens with zero attached hydrogens (tertiary/aromatic N) is 1. The van der Waals surface area contributed by atoms with E-state index >= 15 is 0 Å². The van der Waals surface area contributed by atoms with Crippen molar-refractivity contribution in [1.82, 2.24) is 4.90 Å². The van der Waals surface area contributed by atoms with E-state index in [2.05, 4.69) is 6.92 Å². The molecule has 0 aliphatic rings. The second kappa shape index (κ2) is 6.16. The summed E-state index contributed by atoms with van der Waals surface area (Å²) < 4.78 is 5.12. The van der Waals surface area contributed by atoms with Gasteiger partial charge in [0.15, 0.2) is 0 Å². The van der Waals surface area contributed by atoms with Crippen LogP contribution in [-0.4, -0.2) is 31.5 Å². The van der Waals surface area contributed by atoms with E-state index in [1.165, 1.54) is 0 Å². The van der Waals surface area contributed by atoms with E-state index in [4.69, 9.17) is 4.74 Å². The number of carbonyl (C=O) groups excluding carboxylic acids is 1. The van der Waals surface area contributed by atoms with Crippen molar-refractivity contribution in [2.24, 2.45) is 0 Å². The third-order valence-corrected chi connectivity index (χ3v) is 2.47. The Bertz CT molecular complexity index is 350. The summed E-state index contributed by atoms with van der Waals surface area (Å²) in [6, 6.07) is 7.63. The minimum Gasteiger partial charge on any atom is -0.497 e. The van der Waals surface area contributed by atoms with Crippen molar-refractivity contribution in [3.63, 3.8) is 0 Å². The smallest absolute Gasteiger partial charge is 0.226 e. The molecule has 1 amide bonds. The van der Waals surface area contributed by atoms with Gasteiger partial charge in [-0.1, -0.05) is 19.1 Å². The molecule has 0 heterocycles. The van der Waals surface area contributed by atoms with Crippen LogP contribution in [0.25, 0.3) is 0 Å². The van der Waals surface area contributed by atoms with Gasteiger partial charge in [-0.25, -0.2) is 0 Å². The van der Waals surface area contributed by atoms with Crippen LogP contribution in [0.5, 0.6) is 5.75 Å². The maximum Gasteiger partial charge on any atom is 0.226 e. The molecule has 1 aromatic rings. The summed E-state index contributed by atoms with van der Waals surface area (Å²) in [6.07, 6.45) is 1.42. The largest absolute Gasteiger partial charge is 0.497 e. The van der Waals surface area contributed by atoms with Crippen LogP contribution in [0, 0.1) is 0 Å². The van der Waals surface area contributed by atoms with Crippen molar-refractivity contribution in [3.8, 4) is 5.75 Å². The average Bonchev–Trinajstić information content (AvgIpc) is 2.29. The highest BCUT2D eigenvalue weighted by molar-refractivity contribution is 5.78. The number of likely N-dealkylation sites (N-methyl/N-ethyl adjacent to an activating group) is 1. The molecule has 1 rings (SSSR count). The minimum absolute atomic E-state index is 0.148. The van der Waals surface area contributed by atoms with Crippen LogP contribution < -0.4 is 4.74 Å². The highest BCUT2D eigenvalue weighted by Crippen LogP contribution is 2.13. The van der Waals surface area contributed by atoms with E-state index in [9.17, 15) is 4.79 Å². The molecule has 0 aliphatic carbocycles. The molecular formula is C13H19NO2. The van der Waals surface area contributed by atoms with E-state index in [0.717, 1.165) is 24.3 Å². The number of benzene rings is 1. The van der Waals surface area contributed by atoms with Gasteiger partial charge < -0.3 is 9.64 Å². The maximum atomic E-state index is 11.8. The Morgan fingerprint density at radius 3 is 2.81 bits per heavy atom. The zero-order valence-electron chi connectivity index (χ0n) is 10.2. The van der Waals surface area contributed by atoms with Gasteiger partial charge in [-0.15, -0.1) is 0 Å². The van der Waals surface area contributed by atoms with E-state index in [1.54, 1.807) is 12.0 Å². The van der Waals surface area contributed by atoms with Crippen molar-refractivity contribution in [1.29, 1.82) is 0 Å². The summed E-state index contributed by atoms with van der Waals surface area (Å²) in [5, 5.41) is 0. The molecule has 0 unspecified atom stereocenters. The van der Waals surface area contributed by atoms with Gasteiger partial charge in [-0.2, -0.15) is 0 Å². The van der Waals surface area contributed by atoms with E-state index in [1.807, 2.05) is 31.3 Å². The molecule has 0 atom stereocenters. The number of carbonyl (C=O) groups is 1. The summed E-state index contributed by atoms with van der Waals surface area (Å²) in [5.74, 6) is 0.943. The molecule has 88 valence electrons. The number of hydrogen-bond acceptors (Lipinski definition) is 2. The predicted molar refractivity (Wildman–Crippen MR) is 64.6 cm³/mol. The van der Waals surface area contributed by atoms with Gasteiger partial charge in [0.2, 0.25) is 5.91 Å². The topological polar surface area (TPSA) is 29.5 Å². The molecule has 0 radical (unpaired) electrons. The molecule has 3 heteroatoms. The Kier molecular flexibility index (Phi) is 4.83. The fourth-order valence-electron chi connectivity index (χ4n) is 1.55. The van der Waals surface area contributed by atoms with Crippen molar-refractivity contribution in [2.45, 2.75) is 19.8 Å². The van der Waals surface area contributed by atoms with Crippen LogP contribution >= 0.6 is 0 Å². The van der Waals surface area contributed by atoms with E-state index in [0.29, 0.717) is 6.42 Å². The third-order valence-electron chi connectivity index (χ3n) is 2.47. The molecule has 0 N–H and O–H groups in total. The maximum absolute atomic E-state index is 11.8. The Labute approximate surface area is 97.0 Å². The zero-order chi connectivity index (χ0) is 12.0. The van der Waals surface area contributed by atoms with Crippen LogP contribution in [-0.2, 0) is 11.2 Å². The summed E-state index contributed by atoms with van der Waals surface area (Å²) in [7, 11) is 3.47. The van der Waals surface area contributed by atoms with Gasteiger partial charge in [0.05, 0.1) is 13.5 Å². The molecule has 1 aromatic carbocycles. The van der Waals surface area contributed by atoms with Gasteiger partial charge in [-0.05, 0) is 24.1 Å². The van der Waals surface area contributed by atoms with Crippen LogP contribution in [0.1, 0.15) is 18.9 Å². The predicted octanol–water partition coefficient (Wildman–Crippen LogP) is 2.11. The molecule has 0 aromatic heterocycles. The first-order valence-corrected chi connectivity index (χ1v) is 5.54. The number of methoxy groups -OCH3 is 1. The first-order chi connectivity index (χ1) is 7.67. The lowest BCUT2D eigenvalue weighted by atomic mass is 10.1. The summed E-state index contributed by atoms with van der Waals surface area (Å²) in [4.78, 5) is 13.6. The van der Waals surface area contributed by atoms with Gasteiger partial charge in [0.25, 0.3) is 0 Å². The van der Waals surface area contributed by atoms with E-state index in [-0.39, 0.29) is 5.91 Å². The molecule has 0 fully saturated rings. The fourth-order valence-corrected chi connectivity index (χ4v) is 1.55. The summed E-state index contributed by atoms with van der Waals surface area (Å²) in [5.41, 5.74) is 0.993.